The maximum Gasteiger partial charge on any atom is 0.471 e. The van der Waals surface area contributed by atoms with E-state index in [-0.39, 0.29) is 24.7 Å². The lowest BCUT2D eigenvalue weighted by Crippen LogP contribution is -2.44. The van der Waals surface area contributed by atoms with E-state index >= 15 is 0 Å². The zero-order valence-electron chi connectivity index (χ0n) is 18.3. The molecular formula is C24H24ClF3N4O2. The van der Waals surface area contributed by atoms with Gasteiger partial charge in [-0.1, -0.05) is 41.9 Å². The molecule has 1 aromatic heterocycles. The van der Waals surface area contributed by atoms with Gasteiger partial charge in [-0.25, -0.2) is 4.68 Å². The Kier molecular flexibility index (Phi) is 7.23. The molecule has 0 radical (unpaired) electrons. The summed E-state index contributed by atoms with van der Waals surface area (Å²) in [6, 6.07) is 14.7. The normalized spacial score (nSPS) is 16.8. The van der Waals surface area contributed by atoms with Crippen LogP contribution in [0.3, 0.4) is 0 Å². The van der Waals surface area contributed by atoms with Gasteiger partial charge in [0.15, 0.2) is 0 Å². The highest BCUT2D eigenvalue weighted by atomic mass is 35.5. The van der Waals surface area contributed by atoms with Gasteiger partial charge in [-0.3, -0.25) is 14.5 Å². The topological polar surface area (TPSA) is 67.2 Å². The van der Waals surface area contributed by atoms with Gasteiger partial charge < -0.3 is 5.32 Å². The molecule has 1 fully saturated rings. The van der Waals surface area contributed by atoms with Crippen molar-refractivity contribution in [3.05, 3.63) is 75.2 Å². The van der Waals surface area contributed by atoms with Crippen molar-refractivity contribution in [1.29, 1.82) is 0 Å². The second-order valence-corrected chi connectivity index (χ2v) is 8.80. The third-order valence-electron chi connectivity index (χ3n) is 6.05. The highest BCUT2D eigenvalue weighted by molar-refractivity contribution is 6.30. The van der Waals surface area contributed by atoms with Gasteiger partial charge in [-0.05, 0) is 43.1 Å². The molecule has 10 heteroatoms. The molecule has 2 aromatic carbocycles. The second-order valence-electron chi connectivity index (χ2n) is 8.37. The number of carbonyl (C=O) groups excluding carboxylic acids is 1. The molecule has 1 atom stereocenters. The van der Waals surface area contributed by atoms with E-state index in [1.807, 2.05) is 52.7 Å². The van der Waals surface area contributed by atoms with Crippen LogP contribution in [0.5, 0.6) is 0 Å². The Balaban J connectivity index is 1.54. The number of carbonyl (C=O) groups is 1. The van der Waals surface area contributed by atoms with Crippen molar-refractivity contribution in [2.75, 3.05) is 19.6 Å². The lowest BCUT2D eigenvalue weighted by atomic mass is 10.0. The number of amides is 1. The Morgan fingerprint density at radius 1 is 1.12 bits per heavy atom. The summed E-state index contributed by atoms with van der Waals surface area (Å²) >= 11 is 6.00. The van der Waals surface area contributed by atoms with Crippen molar-refractivity contribution < 1.29 is 18.0 Å². The zero-order chi connectivity index (χ0) is 24.3. The summed E-state index contributed by atoms with van der Waals surface area (Å²) in [5.74, 6) is -1.94. The standard InChI is InChI=1S/C24H24ClF3N4O2/c25-17-9-7-16(8-10-17)14-21-19-5-1-2-6-20(19)22(33)32(30-21)15-18-4-3-12-31(18)13-11-29-23(34)24(26,27)28/h1-2,5-10,18H,3-4,11-15H2,(H,29,34). The first-order chi connectivity index (χ1) is 16.2. The van der Waals surface area contributed by atoms with E-state index in [1.54, 1.807) is 6.07 Å². The Labute approximate surface area is 199 Å². The maximum atomic E-state index is 13.2. The molecule has 3 aromatic rings. The van der Waals surface area contributed by atoms with Crippen LogP contribution >= 0.6 is 11.6 Å². The number of halogens is 4. The number of benzene rings is 2. The van der Waals surface area contributed by atoms with Crippen molar-refractivity contribution >= 4 is 28.3 Å². The van der Waals surface area contributed by atoms with Gasteiger partial charge in [0.25, 0.3) is 5.56 Å². The van der Waals surface area contributed by atoms with Gasteiger partial charge in [-0.15, -0.1) is 0 Å². The second kappa shape index (κ2) is 10.1. The highest BCUT2D eigenvalue weighted by Crippen LogP contribution is 2.21. The van der Waals surface area contributed by atoms with Gasteiger partial charge >= 0.3 is 12.1 Å². The van der Waals surface area contributed by atoms with Gasteiger partial charge in [0.05, 0.1) is 17.6 Å². The molecule has 4 rings (SSSR count). The number of hydrogen-bond acceptors (Lipinski definition) is 4. The van der Waals surface area contributed by atoms with Crippen LogP contribution in [0.25, 0.3) is 10.8 Å². The Morgan fingerprint density at radius 3 is 2.53 bits per heavy atom. The largest absolute Gasteiger partial charge is 0.471 e. The number of hydrogen-bond donors (Lipinski definition) is 1. The molecule has 6 nitrogen and oxygen atoms in total. The average molecular weight is 493 g/mol. The molecule has 0 aliphatic carbocycles. The minimum atomic E-state index is -4.90. The number of nitrogens with zero attached hydrogens (tertiary/aromatic N) is 3. The van der Waals surface area contributed by atoms with Crippen LogP contribution in [-0.4, -0.2) is 52.4 Å². The molecule has 180 valence electrons. The Morgan fingerprint density at radius 2 is 1.82 bits per heavy atom. The molecule has 0 saturated carbocycles. The van der Waals surface area contributed by atoms with Crippen LogP contribution in [0, 0.1) is 0 Å². The summed E-state index contributed by atoms with van der Waals surface area (Å²) in [7, 11) is 0. The summed E-state index contributed by atoms with van der Waals surface area (Å²) < 4.78 is 38.7. The fourth-order valence-corrected chi connectivity index (χ4v) is 4.49. The first kappa shape index (κ1) is 24.2. The van der Waals surface area contributed by atoms with Crippen molar-refractivity contribution in [1.82, 2.24) is 20.0 Å². The Hall–Kier alpha value is -2.91. The van der Waals surface area contributed by atoms with E-state index in [1.165, 1.54) is 4.68 Å². The predicted molar refractivity (Wildman–Crippen MR) is 124 cm³/mol. The highest BCUT2D eigenvalue weighted by Gasteiger charge is 2.38. The number of rotatable bonds is 7. The van der Waals surface area contributed by atoms with Crippen LogP contribution in [-0.2, 0) is 17.8 Å². The Bertz CT molecular complexity index is 1230. The molecule has 1 aliphatic rings. The lowest BCUT2D eigenvalue weighted by Gasteiger charge is -2.25. The number of aromatic nitrogens is 2. The monoisotopic (exact) mass is 492 g/mol. The minimum absolute atomic E-state index is 0.0578. The fraction of sp³-hybridized carbons (Fsp3) is 0.375. The first-order valence-corrected chi connectivity index (χ1v) is 11.4. The third-order valence-corrected chi connectivity index (χ3v) is 6.31. The van der Waals surface area contributed by atoms with Gasteiger partial charge in [0.1, 0.15) is 0 Å². The van der Waals surface area contributed by atoms with E-state index in [0.29, 0.717) is 29.9 Å². The van der Waals surface area contributed by atoms with Crippen molar-refractivity contribution in [2.45, 2.75) is 38.0 Å². The predicted octanol–water partition coefficient (Wildman–Crippen LogP) is 3.78. The third kappa shape index (κ3) is 5.59. The van der Waals surface area contributed by atoms with Gasteiger partial charge in [-0.2, -0.15) is 18.3 Å². The molecule has 1 aliphatic heterocycles. The summed E-state index contributed by atoms with van der Waals surface area (Å²) in [5, 5.41) is 8.59. The number of alkyl halides is 3. The van der Waals surface area contributed by atoms with Gasteiger partial charge in [0, 0.05) is 36.0 Å². The molecule has 0 bridgehead atoms. The van der Waals surface area contributed by atoms with E-state index in [9.17, 15) is 22.8 Å². The molecule has 0 spiro atoms. The zero-order valence-corrected chi connectivity index (χ0v) is 19.1. The van der Waals surface area contributed by atoms with E-state index < -0.39 is 12.1 Å². The van der Waals surface area contributed by atoms with Crippen molar-refractivity contribution in [3.63, 3.8) is 0 Å². The molecule has 1 amide bonds. The smallest absolute Gasteiger partial charge is 0.347 e. The average Bonchev–Trinajstić information content (AvgIpc) is 3.24. The summed E-state index contributed by atoms with van der Waals surface area (Å²) in [5.41, 5.74) is 1.57. The van der Waals surface area contributed by atoms with Crippen molar-refractivity contribution in [3.8, 4) is 0 Å². The van der Waals surface area contributed by atoms with Crippen molar-refractivity contribution in [2.24, 2.45) is 0 Å². The van der Waals surface area contributed by atoms with Crippen LogP contribution in [0.4, 0.5) is 13.2 Å². The van der Waals surface area contributed by atoms with Crippen LogP contribution < -0.4 is 10.9 Å². The summed E-state index contributed by atoms with van der Waals surface area (Å²) in [6.45, 7) is 1.17. The van der Waals surface area contributed by atoms with Crippen LogP contribution in [0.15, 0.2) is 53.3 Å². The van der Waals surface area contributed by atoms with Crippen LogP contribution in [0.2, 0.25) is 5.02 Å². The quantitative estimate of drug-likeness (QED) is 0.545. The summed E-state index contributed by atoms with van der Waals surface area (Å²) in [6.07, 6.45) is -2.72. The van der Waals surface area contributed by atoms with E-state index in [4.69, 9.17) is 11.6 Å². The lowest BCUT2D eigenvalue weighted by molar-refractivity contribution is -0.173. The number of nitrogens with one attached hydrogen (secondary N) is 1. The molecule has 1 unspecified atom stereocenters. The SMILES string of the molecule is O=C(NCCN1CCCC1Cn1nc(Cc2ccc(Cl)cc2)c2ccccc2c1=O)C(F)(F)F. The fourth-order valence-electron chi connectivity index (χ4n) is 4.36. The molecular weight excluding hydrogens is 469 g/mol. The molecule has 34 heavy (non-hydrogen) atoms. The minimum Gasteiger partial charge on any atom is -0.347 e. The summed E-state index contributed by atoms with van der Waals surface area (Å²) in [4.78, 5) is 26.2. The van der Waals surface area contributed by atoms with Crippen LogP contribution in [0.1, 0.15) is 24.1 Å². The van der Waals surface area contributed by atoms with E-state index in [2.05, 4.69) is 5.10 Å². The maximum absolute atomic E-state index is 13.2. The number of likely N-dealkylation sites (tertiary alicyclic amines) is 1. The molecule has 2 heterocycles. The number of fused-ring (bicyclic) bond motifs is 1. The molecule has 1 saturated heterocycles. The van der Waals surface area contributed by atoms with E-state index in [0.717, 1.165) is 29.5 Å². The molecule has 1 N–H and O–H groups in total. The van der Waals surface area contributed by atoms with Gasteiger partial charge in [0.2, 0.25) is 0 Å². The first-order valence-electron chi connectivity index (χ1n) is 11.0.